The minimum Gasteiger partial charge on any atom is -0.471 e. The molecule has 0 aliphatic carbocycles. The topological polar surface area (TPSA) is 74.0 Å². The van der Waals surface area contributed by atoms with Crippen molar-refractivity contribution in [1.82, 2.24) is 19.6 Å². The van der Waals surface area contributed by atoms with E-state index in [2.05, 4.69) is 64.3 Å². The number of hydrogen-bond acceptors (Lipinski definition) is 4. The number of amides is 1. The van der Waals surface area contributed by atoms with E-state index in [0.717, 1.165) is 27.2 Å². The van der Waals surface area contributed by atoms with Crippen LogP contribution in [0.3, 0.4) is 0 Å². The van der Waals surface area contributed by atoms with Crippen molar-refractivity contribution in [1.29, 1.82) is 0 Å². The molecule has 0 radical (unpaired) electrons. The van der Waals surface area contributed by atoms with E-state index in [9.17, 15) is 4.79 Å². The molecule has 4 rings (SSSR count). The molecule has 0 bridgehead atoms. The summed E-state index contributed by atoms with van der Waals surface area (Å²) >= 11 is 3.56. The average molecular weight is 536 g/mol. The number of hydrogen-bond donors (Lipinski definition) is 1. The van der Waals surface area contributed by atoms with Gasteiger partial charge in [-0.2, -0.15) is 10.2 Å². The van der Waals surface area contributed by atoms with Gasteiger partial charge in [0.25, 0.3) is 5.91 Å². The molecule has 0 atom stereocenters. The molecule has 0 spiro atoms. The zero-order valence-electron chi connectivity index (χ0n) is 20.7. The lowest BCUT2D eigenvalue weighted by atomic mass is 9.87. The molecule has 8 heteroatoms. The summed E-state index contributed by atoms with van der Waals surface area (Å²) in [6.07, 6.45) is 1.73. The van der Waals surface area contributed by atoms with E-state index in [1.165, 1.54) is 5.56 Å². The van der Waals surface area contributed by atoms with E-state index >= 15 is 0 Å². The summed E-state index contributed by atoms with van der Waals surface area (Å²) in [5.74, 6) is 0.482. The number of aryl methyl sites for hydroxylation is 1. The summed E-state index contributed by atoms with van der Waals surface area (Å²) in [7, 11) is 0. The number of ether oxygens (including phenoxy) is 1. The van der Waals surface area contributed by atoms with E-state index < -0.39 is 0 Å². The zero-order chi connectivity index (χ0) is 25.2. The van der Waals surface area contributed by atoms with Crippen LogP contribution in [-0.4, -0.2) is 25.5 Å². The van der Waals surface area contributed by atoms with Gasteiger partial charge in [-0.05, 0) is 76.7 Å². The first-order chi connectivity index (χ1) is 16.6. The van der Waals surface area contributed by atoms with E-state index in [-0.39, 0.29) is 18.1 Å². The van der Waals surface area contributed by atoms with Crippen LogP contribution in [0.4, 0.5) is 5.69 Å². The number of aromatic nitrogens is 4. The lowest BCUT2D eigenvalue weighted by molar-refractivity contribution is 0.102. The number of nitrogens with zero attached hydrogens (tertiary/aromatic N) is 4. The Hall–Kier alpha value is -3.39. The number of carbonyl (C=O) groups excluding carboxylic acids is 1. The number of halogens is 1. The largest absolute Gasteiger partial charge is 0.471 e. The van der Waals surface area contributed by atoms with Crippen LogP contribution in [0.1, 0.15) is 53.8 Å². The lowest BCUT2D eigenvalue weighted by Gasteiger charge is -2.19. The molecule has 0 fully saturated rings. The summed E-state index contributed by atoms with van der Waals surface area (Å²) < 4.78 is 10.4. The molecule has 2 aromatic heterocycles. The molecular weight excluding hydrogens is 506 g/mol. The minimum atomic E-state index is -0.274. The molecule has 2 aromatic carbocycles. The Kier molecular flexibility index (Phi) is 7.12. The third kappa shape index (κ3) is 6.00. The van der Waals surface area contributed by atoms with Crippen LogP contribution in [0.5, 0.6) is 5.75 Å². The van der Waals surface area contributed by atoms with E-state index in [0.29, 0.717) is 17.9 Å². The Morgan fingerprint density at radius 1 is 1.06 bits per heavy atom. The van der Waals surface area contributed by atoms with Gasteiger partial charge in [0.05, 0.1) is 22.4 Å². The van der Waals surface area contributed by atoms with Gasteiger partial charge < -0.3 is 10.1 Å². The van der Waals surface area contributed by atoms with Crippen LogP contribution in [0, 0.1) is 13.8 Å². The van der Waals surface area contributed by atoms with Gasteiger partial charge in [-0.25, -0.2) is 4.68 Å². The number of rotatable bonds is 7. The first kappa shape index (κ1) is 24.7. The standard InChI is InChI=1S/C27H30BrN5O2/c1-18-25(28)19(2)33(30-18)16-20-7-6-8-22(15-20)29-26(34)24-13-14-32(31-24)17-35-23-11-9-21(10-12-23)27(3,4)5/h6-15H,16-17H2,1-5H3,(H,29,34). The van der Waals surface area contributed by atoms with Gasteiger partial charge in [0.15, 0.2) is 12.4 Å². The molecule has 35 heavy (non-hydrogen) atoms. The zero-order valence-corrected chi connectivity index (χ0v) is 22.3. The van der Waals surface area contributed by atoms with Gasteiger partial charge in [0, 0.05) is 11.9 Å². The number of benzene rings is 2. The SMILES string of the molecule is Cc1nn(Cc2cccc(NC(=O)c3ccn(COc4ccc(C(C)(C)C)cc4)n3)c2)c(C)c1Br. The Balaban J connectivity index is 1.36. The lowest BCUT2D eigenvalue weighted by Crippen LogP contribution is -2.14. The fourth-order valence-corrected chi connectivity index (χ4v) is 3.98. The normalized spacial score (nSPS) is 11.5. The number of anilines is 1. The number of carbonyl (C=O) groups is 1. The first-order valence-electron chi connectivity index (χ1n) is 11.5. The molecule has 7 nitrogen and oxygen atoms in total. The van der Waals surface area contributed by atoms with Crippen molar-refractivity contribution in [2.24, 2.45) is 0 Å². The maximum Gasteiger partial charge on any atom is 0.276 e. The Labute approximate surface area is 214 Å². The van der Waals surface area contributed by atoms with Crippen LogP contribution < -0.4 is 10.1 Å². The van der Waals surface area contributed by atoms with Crippen LogP contribution in [0.25, 0.3) is 0 Å². The molecule has 0 unspecified atom stereocenters. The fraction of sp³-hybridized carbons (Fsp3) is 0.296. The predicted octanol–water partition coefficient (Wildman–Crippen LogP) is 6.09. The van der Waals surface area contributed by atoms with Crippen LogP contribution >= 0.6 is 15.9 Å². The highest BCUT2D eigenvalue weighted by molar-refractivity contribution is 9.10. The summed E-state index contributed by atoms with van der Waals surface area (Å²) in [6, 6.07) is 17.5. The smallest absolute Gasteiger partial charge is 0.276 e. The Morgan fingerprint density at radius 3 is 2.46 bits per heavy atom. The third-order valence-electron chi connectivity index (χ3n) is 5.77. The Bertz CT molecular complexity index is 1330. The minimum absolute atomic E-state index is 0.0938. The fourth-order valence-electron chi connectivity index (χ4n) is 3.69. The van der Waals surface area contributed by atoms with Gasteiger partial charge in [0.1, 0.15) is 5.75 Å². The molecular formula is C27H30BrN5O2. The maximum atomic E-state index is 12.8. The molecule has 182 valence electrons. The summed E-state index contributed by atoms with van der Waals surface area (Å²) in [6.45, 7) is 11.4. The van der Waals surface area contributed by atoms with Crippen molar-refractivity contribution in [2.75, 3.05) is 5.32 Å². The Morgan fingerprint density at radius 2 is 1.80 bits per heavy atom. The predicted molar refractivity (Wildman–Crippen MR) is 141 cm³/mol. The molecule has 0 saturated heterocycles. The molecule has 1 amide bonds. The molecule has 0 saturated carbocycles. The van der Waals surface area contributed by atoms with Crippen molar-refractivity contribution in [2.45, 2.75) is 53.3 Å². The molecule has 4 aromatic rings. The van der Waals surface area contributed by atoms with Crippen molar-refractivity contribution >= 4 is 27.5 Å². The van der Waals surface area contributed by atoms with Crippen molar-refractivity contribution < 1.29 is 9.53 Å². The third-order valence-corrected chi connectivity index (χ3v) is 6.92. The van der Waals surface area contributed by atoms with Crippen LogP contribution in [0.2, 0.25) is 0 Å². The average Bonchev–Trinajstić information content (AvgIpc) is 3.39. The first-order valence-corrected chi connectivity index (χ1v) is 12.3. The van der Waals surface area contributed by atoms with Crippen LogP contribution in [-0.2, 0) is 18.7 Å². The van der Waals surface area contributed by atoms with Gasteiger partial charge in [-0.15, -0.1) is 0 Å². The molecule has 0 aliphatic rings. The van der Waals surface area contributed by atoms with Crippen LogP contribution in [0.15, 0.2) is 65.3 Å². The molecule has 1 N–H and O–H groups in total. The second-order valence-electron chi connectivity index (χ2n) is 9.59. The monoisotopic (exact) mass is 535 g/mol. The van der Waals surface area contributed by atoms with Crippen molar-refractivity contribution in [3.05, 3.63) is 93.5 Å². The highest BCUT2D eigenvalue weighted by atomic mass is 79.9. The van der Waals surface area contributed by atoms with Gasteiger partial charge in [-0.1, -0.05) is 45.0 Å². The van der Waals surface area contributed by atoms with E-state index in [1.807, 2.05) is 54.9 Å². The second kappa shape index (κ2) is 10.1. The maximum absolute atomic E-state index is 12.8. The highest BCUT2D eigenvalue weighted by Gasteiger charge is 2.14. The summed E-state index contributed by atoms with van der Waals surface area (Å²) in [4.78, 5) is 12.8. The van der Waals surface area contributed by atoms with Crippen molar-refractivity contribution in [3.8, 4) is 5.75 Å². The van der Waals surface area contributed by atoms with Gasteiger partial charge in [-0.3, -0.25) is 9.48 Å². The van der Waals surface area contributed by atoms with Gasteiger partial charge >= 0.3 is 0 Å². The second-order valence-corrected chi connectivity index (χ2v) is 10.4. The van der Waals surface area contributed by atoms with Gasteiger partial charge in [0.2, 0.25) is 0 Å². The van der Waals surface area contributed by atoms with E-state index in [4.69, 9.17) is 4.74 Å². The quantitative estimate of drug-likeness (QED) is 0.310. The highest BCUT2D eigenvalue weighted by Crippen LogP contribution is 2.24. The molecule has 0 aliphatic heterocycles. The van der Waals surface area contributed by atoms with E-state index in [1.54, 1.807) is 16.9 Å². The summed E-state index contributed by atoms with van der Waals surface area (Å²) in [5.41, 5.74) is 5.43. The number of nitrogens with one attached hydrogen (secondary N) is 1. The summed E-state index contributed by atoms with van der Waals surface area (Å²) in [5, 5.41) is 11.8. The molecule has 2 heterocycles. The van der Waals surface area contributed by atoms with Crippen molar-refractivity contribution in [3.63, 3.8) is 0 Å².